The van der Waals surface area contributed by atoms with Crippen molar-refractivity contribution in [3.8, 4) is 28.3 Å². The second-order valence-electron chi connectivity index (χ2n) is 4.28. The molecule has 0 aliphatic rings. The van der Waals surface area contributed by atoms with Gasteiger partial charge in [0.05, 0.1) is 17.0 Å². The summed E-state index contributed by atoms with van der Waals surface area (Å²) in [5, 5.41) is 16.3. The molecule has 0 radical (unpaired) electrons. The van der Waals surface area contributed by atoms with Gasteiger partial charge in [-0.3, -0.25) is 5.10 Å². The minimum Gasteiger partial charge on any atom is -0.507 e. The van der Waals surface area contributed by atoms with E-state index in [9.17, 15) is 13.9 Å². The number of H-pyrrole nitrogens is 1. The van der Waals surface area contributed by atoms with Gasteiger partial charge in [-0.15, -0.1) is 0 Å². The normalized spacial score (nSPS) is 10.7. The maximum atomic E-state index is 13.7. The molecule has 3 aromatic rings. The monoisotopic (exact) mass is 272 g/mol. The molecule has 3 rings (SSSR count). The van der Waals surface area contributed by atoms with Crippen LogP contribution in [0.2, 0.25) is 0 Å². The number of hydrogen-bond donors (Lipinski definition) is 2. The fourth-order valence-electron chi connectivity index (χ4n) is 2.03. The van der Waals surface area contributed by atoms with E-state index in [0.717, 1.165) is 0 Å². The van der Waals surface area contributed by atoms with Gasteiger partial charge in [0.25, 0.3) is 0 Å². The van der Waals surface area contributed by atoms with E-state index in [-0.39, 0.29) is 17.0 Å². The zero-order chi connectivity index (χ0) is 14.1. The number of halogens is 2. The smallest absolute Gasteiger partial charge is 0.135 e. The lowest BCUT2D eigenvalue weighted by Gasteiger charge is -2.00. The average Bonchev–Trinajstić information content (AvgIpc) is 2.88. The van der Waals surface area contributed by atoms with E-state index in [1.807, 2.05) is 0 Å². The molecule has 0 fully saturated rings. The van der Waals surface area contributed by atoms with Crippen LogP contribution in [0.1, 0.15) is 0 Å². The summed E-state index contributed by atoms with van der Waals surface area (Å²) in [7, 11) is 0. The lowest BCUT2D eigenvalue weighted by Crippen LogP contribution is -1.89. The molecular formula is C15H10F2N2O. The van der Waals surface area contributed by atoms with E-state index in [4.69, 9.17) is 0 Å². The van der Waals surface area contributed by atoms with E-state index < -0.39 is 11.6 Å². The van der Waals surface area contributed by atoms with Gasteiger partial charge in [-0.2, -0.15) is 5.10 Å². The van der Waals surface area contributed by atoms with Gasteiger partial charge in [-0.1, -0.05) is 18.2 Å². The molecule has 0 atom stereocenters. The Bertz CT molecular complexity index is 748. The third kappa shape index (κ3) is 2.03. The van der Waals surface area contributed by atoms with Crippen molar-refractivity contribution in [2.24, 2.45) is 0 Å². The van der Waals surface area contributed by atoms with Crippen LogP contribution in [0.3, 0.4) is 0 Å². The van der Waals surface area contributed by atoms with Crippen LogP contribution >= 0.6 is 0 Å². The molecule has 0 spiro atoms. The zero-order valence-corrected chi connectivity index (χ0v) is 10.3. The molecule has 0 bridgehead atoms. The summed E-state index contributed by atoms with van der Waals surface area (Å²) >= 11 is 0. The van der Waals surface area contributed by atoms with Crippen molar-refractivity contribution in [1.29, 1.82) is 0 Å². The molecule has 1 aromatic heterocycles. The maximum absolute atomic E-state index is 13.7. The van der Waals surface area contributed by atoms with Crippen molar-refractivity contribution in [3.05, 3.63) is 60.2 Å². The summed E-state index contributed by atoms with van der Waals surface area (Å²) in [6, 6.07) is 11.8. The zero-order valence-electron chi connectivity index (χ0n) is 10.3. The van der Waals surface area contributed by atoms with Crippen LogP contribution < -0.4 is 0 Å². The van der Waals surface area contributed by atoms with E-state index in [1.165, 1.54) is 30.3 Å². The number of phenolic OH excluding ortho intramolecular Hbond substituents is 1. The molecule has 3 nitrogen and oxygen atoms in total. The van der Waals surface area contributed by atoms with Crippen LogP contribution in [-0.4, -0.2) is 15.3 Å². The first-order valence-electron chi connectivity index (χ1n) is 5.95. The third-order valence-corrected chi connectivity index (χ3v) is 2.99. The van der Waals surface area contributed by atoms with Crippen molar-refractivity contribution in [1.82, 2.24) is 10.2 Å². The Morgan fingerprint density at radius 1 is 0.950 bits per heavy atom. The molecule has 0 aliphatic heterocycles. The number of rotatable bonds is 2. The van der Waals surface area contributed by atoms with E-state index in [2.05, 4.69) is 10.2 Å². The highest BCUT2D eigenvalue weighted by atomic mass is 19.1. The van der Waals surface area contributed by atoms with Gasteiger partial charge in [0.1, 0.15) is 17.4 Å². The molecule has 20 heavy (non-hydrogen) atoms. The van der Waals surface area contributed by atoms with Crippen LogP contribution in [0.4, 0.5) is 8.78 Å². The standard InChI is InChI=1S/C15H10F2N2O/c16-10-5-3-6-11(17)15(10)13-8-12(18-19-13)9-4-1-2-7-14(9)20/h1-8,20H,(H,18,19). The Kier molecular flexibility index (Phi) is 2.95. The van der Waals surface area contributed by atoms with Crippen molar-refractivity contribution in [2.45, 2.75) is 0 Å². The van der Waals surface area contributed by atoms with Gasteiger partial charge >= 0.3 is 0 Å². The Morgan fingerprint density at radius 3 is 2.35 bits per heavy atom. The fourth-order valence-corrected chi connectivity index (χ4v) is 2.03. The van der Waals surface area contributed by atoms with Crippen molar-refractivity contribution in [2.75, 3.05) is 0 Å². The van der Waals surface area contributed by atoms with E-state index >= 15 is 0 Å². The molecule has 0 aliphatic carbocycles. The Labute approximate surface area is 113 Å². The molecule has 5 heteroatoms. The SMILES string of the molecule is Oc1ccccc1-c1cc(-c2c(F)cccc2F)n[nH]1. The molecule has 100 valence electrons. The van der Waals surface area contributed by atoms with Crippen LogP contribution in [0, 0.1) is 11.6 Å². The number of benzene rings is 2. The molecule has 2 N–H and O–H groups in total. The highest BCUT2D eigenvalue weighted by molar-refractivity contribution is 5.72. The number of aromatic amines is 1. The minimum absolute atomic E-state index is 0.0664. The summed E-state index contributed by atoms with van der Waals surface area (Å²) in [6.45, 7) is 0. The van der Waals surface area contributed by atoms with Crippen molar-refractivity contribution < 1.29 is 13.9 Å². The minimum atomic E-state index is -0.680. The molecule has 0 amide bonds. The third-order valence-electron chi connectivity index (χ3n) is 2.99. The summed E-state index contributed by atoms with van der Waals surface area (Å²) < 4.78 is 27.4. The number of phenols is 1. The molecule has 0 saturated carbocycles. The van der Waals surface area contributed by atoms with E-state index in [1.54, 1.807) is 18.2 Å². The van der Waals surface area contributed by atoms with E-state index in [0.29, 0.717) is 11.3 Å². The number of hydrogen-bond acceptors (Lipinski definition) is 2. The lowest BCUT2D eigenvalue weighted by molar-refractivity contribution is 0.477. The van der Waals surface area contributed by atoms with Gasteiger partial charge in [0.2, 0.25) is 0 Å². The number of nitrogens with one attached hydrogen (secondary N) is 1. The summed E-state index contributed by atoms with van der Waals surface area (Å²) in [4.78, 5) is 0. The van der Waals surface area contributed by atoms with Crippen LogP contribution in [0.5, 0.6) is 5.75 Å². The van der Waals surface area contributed by atoms with Crippen molar-refractivity contribution in [3.63, 3.8) is 0 Å². The van der Waals surface area contributed by atoms with Crippen molar-refractivity contribution >= 4 is 0 Å². The molecule has 1 heterocycles. The maximum Gasteiger partial charge on any atom is 0.135 e. The first-order valence-corrected chi connectivity index (χ1v) is 5.95. The largest absolute Gasteiger partial charge is 0.507 e. The molecule has 0 unspecified atom stereocenters. The predicted molar refractivity (Wildman–Crippen MR) is 71.0 cm³/mol. The topological polar surface area (TPSA) is 48.9 Å². The number of para-hydroxylation sites is 1. The predicted octanol–water partition coefficient (Wildman–Crippen LogP) is 3.73. The molecular weight excluding hydrogens is 262 g/mol. The van der Waals surface area contributed by atoms with Crippen LogP contribution in [0.15, 0.2) is 48.5 Å². The fraction of sp³-hybridized carbons (Fsp3) is 0. The Balaban J connectivity index is 2.10. The van der Waals surface area contributed by atoms with Gasteiger partial charge in [-0.05, 0) is 30.3 Å². The van der Waals surface area contributed by atoms with Gasteiger partial charge in [0, 0.05) is 5.56 Å². The summed E-state index contributed by atoms with van der Waals surface area (Å²) in [5.74, 6) is -1.29. The lowest BCUT2D eigenvalue weighted by atomic mass is 10.1. The number of aromatic nitrogens is 2. The Hall–Kier alpha value is -2.69. The quantitative estimate of drug-likeness (QED) is 0.746. The number of nitrogens with zero attached hydrogens (tertiary/aromatic N) is 1. The Morgan fingerprint density at radius 2 is 1.65 bits per heavy atom. The highest BCUT2D eigenvalue weighted by Crippen LogP contribution is 2.31. The summed E-state index contributed by atoms with van der Waals surface area (Å²) in [6.07, 6.45) is 0. The molecule has 2 aromatic carbocycles. The van der Waals surface area contributed by atoms with Gasteiger partial charge in [-0.25, -0.2) is 8.78 Å². The molecule has 0 saturated heterocycles. The number of aromatic hydroxyl groups is 1. The summed E-state index contributed by atoms with van der Waals surface area (Å²) in [5.41, 5.74) is 0.966. The van der Waals surface area contributed by atoms with Crippen LogP contribution in [-0.2, 0) is 0 Å². The first-order chi connectivity index (χ1) is 9.66. The average molecular weight is 272 g/mol. The second kappa shape index (κ2) is 4.77. The van der Waals surface area contributed by atoms with Gasteiger partial charge in [0.15, 0.2) is 0 Å². The second-order valence-corrected chi connectivity index (χ2v) is 4.28. The van der Waals surface area contributed by atoms with Crippen LogP contribution in [0.25, 0.3) is 22.5 Å². The first kappa shape index (κ1) is 12.3. The van der Waals surface area contributed by atoms with Gasteiger partial charge < -0.3 is 5.11 Å². The highest BCUT2D eigenvalue weighted by Gasteiger charge is 2.15.